The summed E-state index contributed by atoms with van der Waals surface area (Å²) < 4.78 is 33.2. The van der Waals surface area contributed by atoms with Gasteiger partial charge in [-0.3, -0.25) is 0 Å². The van der Waals surface area contributed by atoms with Gasteiger partial charge >= 0.3 is 0 Å². The van der Waals surface area contributed by atoms with Gasteiger partial charge in [-0.2, -0.15) is 4.99 Å². The number of carbonyl (C=O) groups excluding carboxylic acids is 1. The largest absolute Gasteiger partial charge is 0.380 e. The molecular weight excluding hydrogens is 288 g/mol. The van der Waals surface area contributed by atoms with E-state index in [2.05, 4.69) is 4.99 Å². The van der Waals surface area contributed by atoms with Gasteiger partial charge in [-0.25, -0.2) is 13.6 Å². The molecule has 0 unspecified atom stereocenters. The van der Waals surface area contributed by atoms with E-state index >= 15 is 0 Å². The number of nitrogens with zero attached hydrogens (tertiary/aromatic N) is 1. The predicted molar refractivity (Wildman–Crippen MR) is 70.3 cm³/mol. The Morgan fingerprint density at radius 2 is 2.05 bits per heavy atom. The van der Waals surface area contributed by atoms with Crippen LogP contribution in [0, 0.1) is 11.6 Å². The molecule has 0 spiro atoms. The predicted octanol–water partition coefficient (Wildman–Crippen LogP) is 3.87. The van der Waals surface area contributed by atoms with E-state index in [0.29, 0.717) is 12.8 Å². The van der Waals surface area contributed by atoms with Gasteiger partial charge in [0, 0.05) is 23.3 Å². The van der Waals surface area contributed by atoms with Crippen LogP contribution in [0.15, 0.2) is 11.1 Å². The Balaban J connectivity index is 2.60. The molecule has 0 aromatic heterocycles. The monoisotopic (exact) mass is 301 g/mol. The number of hydrogen-bond donors (Lipinski definition) is 0. The van der Waals surface area contributed by atoms with Gasteiger partial charge in [0.25, 0.3) is 0 Å². The minimum absolute atomic E-state index is 0.0284. The zero-order valence-corrected chi connectivity index (χ0v) is 11.8. The maximum Gasteiger partial charge on any atom is 0.235 e. The highest BCUT2D eigenvalue weighted by Gasteiger charge is 2.39. The van der Waals surface area contributed by atoms with Gasteiger partial charge < -0.3 is 4.74 Å². The summed E-state index contributed by atoms with van der Waals surface area (Å²) >= 11 is 6.00. The van der Waals surface area contributed by atoms with Gasteiger partial charge in [0.05, 0.1) is 6.61 Å². The summed E-state index contributed by atoms with van der Waals surface area (Å²) in [4.78, 5) is 14.4. The Bertz CT molecular complexity index is 565. The van der Waals surface area contributed by atoms with Crippen LogP contribution in [0.1, 0.15) is 36.8 Å². The number of hydrogen-bond acceptors (Lipinski definition) is 3. The Hall–Kier alpha value is -1.29. The highest BCUT2D eigenvalue weighted by molar-refractivity contribution is 6.31. The van der Waals surface area contributed by atoms with Crippen molar-refractivity contribution in [1.82, 2.24) is 0 Å². The Morgan fingerprint density at radius 3 is 2.60 bits per heavy atom. The van der Waals surface area contributed by atoms with Crippen molar-refractivity contribution < 1.29 is 18.3 Å². The van der Waals surface area contributed by atoms with Crippen LogP contribution in [0.3, 0.4) is 0 Å². The average molecular weight is 302 g/mol. The van der Waals surface area contributed by atoms with Crippen molar-refractivity contribution in [3.05, 3.63) is 33.9 Å². The molecule has 1 fully saturated rings. The number of methoxy groups -OCH3 is 1. The minimum Gasteiger partial charge on any atom is -0.380 e. The van der Waals surface area contributed by atoms with Crippen LogP contribution in [0.2, 0.25) is 5.02 Å². The fraction of sp³-hybridized carbons (Fsp3) is 0.500. The molecule has 20 heavy (non-hydrogen) atoms. The van der Waals surface area contributed by atoms with Crippen molar-refractivity contribution in [2.24, 2.45) is 4.99 Å². The van der Waals surface area contributed by atoms with Crippen molar-refractivity contribution in [2.45, 2.75) is 37.8 Å². The number of benzene rings is 1. The van der Waals surface area contributed by atoms with Gasteiger partial charge in [-0.1, -0.05) is 24.4 Å². The molecule has 1 aliphatic carbocycles. The first kappa shape index (κ1) is 15.1. The number of aliphatic imine (C=N–C) groups is 1. The first-order valence-corrected chi connectivity index (χ1v) is 6.68. The fourth-order valence-corrected chi connectivity index (χ4v) is 2.98. The van der Waals surface area contributed by atoms with E-state index < -0.39 is 17.2 Å². The third-order valence-corrected chi connectivity index (χ3v) is 4.07. The Morgan fingerprint density at radius 1 is 1.40 bits per heavy atom. The molecule has 0 amide bonds. The second-order valence-corrected chi connectivity index (χ2v) is 5.29. The number of halogens is 3. The number of ether oxygens (including phenoxy) is 1. The summed E-state index contributed by atoms with van der Waals surface area (Å²) in [7, 11) is 1.37. The smallest absolute Gasteiger partial charge is 0.235 e. The second-order valence-electron chi connectivity index (χ2n) is 4.89. The van der Waals surface area contributed by atoms with E-state index in [0.717, 1.165) is 12.8 Å². The summed E-state index contributed by atoms with van der Waals surface area (Å²) in [6.07, 6.45) is 4.03. The summed E-state index contributed by atoms with van der Waals surface area (Å²) in [5.41, 5.74) is -1.04. The van der Waals surface area contributed by atoms with Crippen molar-refractivity contribution in [3.8, 4) is 0 Å². The molecule has 0 radical (unpaired) electrons. The standard InChI is InChI=1S/C14H14ClF2NO2/c1-20-7-9-11(15)6-10(13(17)12(9)16)14(18-8-19)4-2-3-5-14/h6H,2-5,7H2,1H3. The van der Waals surface area contributed by atoms with Gasteiger partial charge in [0.1, 0.15) is 5.54 Å². The highest BCUT2D eigenvalue weighted by atomic mass is 35.5. The van der Waals surface area contributed by atoms with Gasteiger partial charge in [0.2, 0.25) is 6.08 Å². The SMILES string of the molecule is COCc1c(Cl)cc(C2(N=C=O)CCCC2)c(F)c1F. The van der Waals surface area contributed by atoms with E-state index in [9.17, 15) is 13.6 Å². The molecule has 1 aromatic rings. The molecule has 0 bridgehead atoms. The molecule has 0 N–H and O–H groups in total. The number of rotatable bonds is 4. The lowest BCUT2D eigenvalue weighted by Crippen LogP contribution is -2.22. The second kappa shape index (κ2) is 6.00. The van der Waals surface area contributed by atoms with Crippen LogP contribution in [0.5, 0.6) is 0 Å². The lowest BCUT2D eigenvalue weighted by atomic mass is 9.87. The zero-order valence-electron chi connectivity index (χ0n) is 11.0. The molecule has 0 atom stereocenters. The average Bonchev–Trinajstić information content (AvgIpc) is 2.89. The first-order valence-electron chi connectivity index (χ1n) is 6.30. The van der Waals surface area contributed by atoms with E-state index in [4.69, 9.17) is 16.3 Å². The topological polar surface area (TPSA) is 38.7 Å². The summed E-state index contributed by atoms with van der Waals surface area (Å²) in [6.45, 7) is -0.119. The minimum atomic E-state index is -1.04. The maximum absolute atomic E-state index is 14.3. The molecule has 0 saturated heterocycles. The normalized spacial score (nSPS) is 17.0. The van der Waals surface area contributed by atoms with Crippen molar-refractivity contribution in [1.29, 1.82) is 0 Å². The van der Waals surface area contributed by atoms with Crippen molar-refractivity contribution >= 4 is 17.7 Å². The molecule has 1 saturated carbocycles. The van der Waals surface area contributed by atoms with Crippen LogP contribution >= 0.6 is 11.6 Å². The molecule has 2 rings (SSSR count). The van der Waals surface area contributed by atoms with E-state index in [1.54, 1.807) is 0 Å². The van der Waals surface area contributed by atoms with E-state index in [1.807, 2.05) is 0 Å². The third-order valence-electron chi connectivity index (χ3n) is 3.73. The molecule has 0 heterocycles. The van der Waals surface area contributed by atoms with E-state index in [-0.39, 0.29) is 22.8 Å². The van der Waals surface area contributed by atoms with Gasteiger partial charge in [0.15, 0.2) is 11.6 Å². The summed E-state index contributed by atoms with van der Waals surface area (Å²) in [5, 5.41) is 0.0770. The van der Waals surface area contributed by atoms with Crippen LogP contribution in [0.25, 0.3) is 0 Å². The van der Waals surface area contributed by atoms with Crippen LogP contribution < -0.4 is 0 Å². The molecule has 108 valence electrons. The first-order chi connectivity index (χ1) is 9.55. The molecular formula is C14H14ClF2NO2. The molecule has 3 nitrogen and oxygen atoms in total. The fourth-order valence-electron chi connectivity index (χ4n) is 2.74. The van der Waals surface area contributed by atoms with Gasteiger partial charge in [-0.05, 0) is 18.9 Å². The third kappa shape index (κ3) is 2.49. The summed E-state index contributed by atoms with van der Waals surface area (Å²) in [5.74, 6) is -2.05. The van der Waals surface area contributed by atoms with Gasteiger partial charge in [-0.15, -0.1) is 0 Å². The lowest BCUT2D eigenvalue weighted by Gasteiger charge is -2.24. The molecule has 6 heteroatoms. The van der Waals surface area contributed by atoms with Crippen LogP contribution in [-0.4, -0.2) is 13.2 Å². The van der Waals surface area contributed by atoms with Crippen LogP contribution in [-0.2, 0) is 21.7 Å². The van der Waals surface area contributed by atoms with Crippen molar-refractivity contribution in [3.63, 3.8) is 0 Å². The number of isocyanates is 1. The van der Waals surface area contributed by atoms with Crippen molar-refractivity contribution in [2.75, 3.05) is 7.11 Å². The highest BCUT2D eigenvalue weighted by Crippen LogP contribution is 2.45. The van der Waals surface area contributed by atoms with E-state index in [1.165, 1.54) is 19.3 Å². The Kier molecular flexibility index (Phi) is 4.53. The zero-order chi connectivity index (χ0) is 14.8. The molecule has 0 aliphatic heterocycles. The maximum atomic E-state index is 14.3. The van der Waals surface area contributed by atoms with Crippen LogP contribution in [0.4, 0.5) is 8.78 Å². The summed E-state index contributed by atoms with van der Waals surface area (Å²) in [6, 6.07) is 1.35. The molecule has 1 aromatic carbocycles. The lowest BCUT2D eigenvalue weighted by molar-refractivity contribution is 0.180. The quantitative estimate of drug-likeness (QED) is 0.481. The Labute approximate surface area is 120 Å². The molecule has 1 aliphatic rings.